The first kappa shape index (κ1) is 21.7. The van der Waals surface area contributed by atoms with E-state index in [2.05, 4.69) is 4.90 Å². The van der Waals surface area contributed by atoms with E-state index >= 15 is 0 Å². The van der Waals surface area contributed by atoms with Gasteiger partial charge in [0.15, 0.2) is 0 Å². The molecule has 0 saturated carbocycles. The number of carbonyl (C=O) groups excluding carboxylic acids is 1. The molecule has 2 aromatic rings. The third-order valence-corrected chi connectivity index (χ3v) is 6.17. The molecule has 2 aliphatic heterocycles. The van der Waals surface area contributed by atoms with Crippen LogP contribution >= 0.6 is 0 Å². The van der Waals surface area contributed by atoms with Crippen molar-refractivity contribution in [1.29, 1.82) is 0 Å². The summed E-state index contributed by atoms with van der Waals surface area (Å²) in [6, 6.07) is 11.6. The fourth-order valence-electron chi connectivity index (χ4n) is 4.47. The maximum Gasteiger partial charge on any atom is 0.257 e. The SMILES string of the molecule is NCCc1ccc(Oc2ccc(F)c(C(=O)N3C[C@H](O)[C@@H](N4CCCCC4)C3)c2)cc1. The van der Waals surface area contributed by atoms with Crippen LogP contribution in [0.15, 0.2) is 42.5 Å². The standard InChI is InChI=1S/C24H30FN3O3/c25-21-9-8-19(31-18-6-4-17(5-7-18)10-11-26)14-20(21)24(30)28-15-22(23(29)16-28)27-12-2-1-3-13-27/h4-9,14,22-23,29H,1-3,10-13,15-16,26H2/t22-,23-/m0/s1. The van der Waals surface area contributed by atoms with E-state index in [1.807, 2.05) is 24.3 Å². The minimum Gasteiger partial charge on any atom is -0.457 e. The number of benzene rings is 2. The Morgan fingerprint density at radius 1 is 1.06 bits per heavy atom. The molecule has 0 aromatic heterocycles. The van der Waals surface area contributed by atoms with Gasteiger partial charge in [0.25, 0.3) is 5.91 Å². The molecule has 2 heterocycles. The number of aliphatic hydroxyl groups is 1. The summed E-state index contributed by atoms with van der Waals surface area (Å²) in [6.07, 6.45) is 3.60. The Bertz CT molecular complexity index is 899. The Labute approximate surface area is 182 Å². The van der Waals surface area contributed by atoms with Crippen molar-refractivity contribution in [3.8, 4) is 11.5 Å². The maximum atomic E-state index is 14.5. The zero-order valence-electron chi connectivity index (χ0n) is 17.7. The number of piperidine rings is 1. The molecule has 3 N–H and O–H groups in total. The van der Waals surface area contributed by atoms with E-state index in [0.717, 1.165) is 37.9 Å². The summed E-state index contributed by atoms with van der Waals surface area (Å²) < 4.78 is 20.3. The topological polar surface area (TPSA) is 79.0 Å². The number of likely N-dealkylation sites (tertiary alicyclic amines) is 2. The molecule has 6 nitrogen and oxygen atoms in total. The first-order chi connectivity index (χ1) is 15.0. The molecule has 0 bridgehead atoms. The predicted molar refractivity (Wildman–Crippen MR) is 117 cm³/mol. The van der Waals surface area contributed by atoms with Gasteiger partial charge < -0.3 is 20.5 Å². The van der Waals surface area contributed by atoms with E-state index in [0.29, 0.717) is 24.6 Å². The van der Waals surface area contributed by atoms with Crippen LogP contribution < -0.4 is 10.5 Å². The van der Waals surface area contributed by atoms with Crippen LogP contribution in [0.5, 0.6) is 11.5 Å². The Kier molecular flexibility index (Phi) is 6.85. The molecule has 31 heavy (non-hydrogen) atoms. The summed E-state index contributed by atoms with van der Waals surface area (Å²) in [4.78, 5) is 16.9. The van der Waals surface area contributed by atoms with Crippen molar-refractivity contribution in [2.45, 2.75) is 37.8 Å². The number of β-amino-alcohol motifs (C(OH)–C–C–N with tert-alkyl or cyclic N) is 1. The van der Waals surface area contributed by atoms with Crippen molar-refractivity contribution in [3.63, 3.8) is 0 Å². The van der Waals surface area contributed by atoms with Gasteiger partial charge in [-0.2, -0.15) is 0 Å². The Hall–Kier alpha value is -2.48. The molecular formula is C24H30FN3O3. The number of aliphatic hydroxyl groups excluding tert-OH is 1. The monoisotopic (exact) mass is 427 g/mol. The number of rotatable bonds is 6. The van der Waals surface area contributed by atoms with Gasteiger partial charge in [-0.3, -0.25) is 9.69 Å². The third kappa shape index (κ3) is 5.06. The van der Waals surface area contributed by atoms with Crippen LogP contribution in [0.25, 0.3) is 0 Å². The van der Waals surface area contributed by atoms with Crippen LogP contribution in [0.2, 0.25) is 0 Å². The van der Waals surface area contributed by atoms with E-state index in [9.17, 15) is 14.3 Å². The molecule has 2 aliphatic rings. The molecule has 0 radical (unpaired) electrons. The highest BCUT2D eigenvalue weighted by Gasteiger charge is 2.38. The van der Waals surface area contributed by atoms with Gasteiger partial charge in [0.1, 0.15) is 17.3 Å². The van der Waals surface area contributed by atoms with Gasteiger partial charge >= 0.3 is 0 Å². The zero-order valence-corrected chi connectivity index (χ0v) is 17.7. The van der Waals surface area contributed by atoms with Crippen molar-refractivity contribution in [1.82, 2.24) is 9.80 Å². The van der Waals surface area contributed by atoms with Crippen molar-refractivity contribution in [2.75, 3.05) is 32.7 Å². The van der Waals surface area contributed by atoms with Crippen LogP contribution in [-0.4, -0.2) is 65.7 Å². The molecule has 2 saturated heterocycles. The van der Waals surface area contributed by atoms with Crippen molar-refractivity contribution in [3.05, 3.63) is 59.4 Å². The van der Waals surface area contributed by atoms with Gasteiger partial charge in [0, 0.05) is 13.1 Å². The number of ether oxygens (including phenoxy) is 1. The molecule has 0 unspecified atom stereocenters. The van der Waals surface area contributed by atoms with E-state index < -0.39 is 17.8 Å². The second-order valence-electron chi connectivity index (χ2n) is 8.37. The number of amides is 1. The molecule has 7 heteroatoms. The number of nitrogens with two attached hydrogens (primary N) is 1. The Morgan fingerprint density at radius 2 is 1.77 bits per heavy atom. The summed E-state index contributed by atoms with van der Waals surface area (Å²) in [6.45, 7) is 3.07. The lowest BCUT2D eigenvalue weighted by atomic mass is 10.1. The van der Waals surface area contributed by atoms with Crippen LogP contribution in [0, 0.1) is 5.82 Å². The van der Waals surface area contributed by atoms with E-state index in [1.54, 1.807) is 4.90 Å². The molecule has 2 fully saturated rings. The van der Waals surface area contributed by atoms with Crippen LogP contribution in [0.3, 0.4) is 0 Å². The molecule has 2 atom stereocenters. The average molecular weight is 428 g/mol. The van der Waals surface area contributed by atoms with Crippen molar-refractivity contribution in [2.24, 2.45) is 5.73 Å². The molecule has 2 aromatic carbocycles. The van der Waals surface area contributed by atoms with Gasteiger partial charge in [-0.15, -0.1) is 0 Å². The maximum absolute atomic E-state index is 14.5. The van der Waals surface area contributed by atoms with Crippen LogP contribution in [0.4, 0.5) is 4.39 Å². The largest absolute Gasteiger partial charge is 0.457 e. The van der Waals surface area contributed by atoms with E-state index in [4.69, 9.17) is 10.5 Å². The third-order valence-electron chi connectivity index (χ3n) is 6.17. The summed E-state index contributed by atoms with van der Waals surface area (Å²) in [7, 11) is 0. The lowest BCUT2D eigenvalue weighted by Crippen LogP contribution is -2.46. The highest BCUT2D eigenvalue weighted by Crippen LogP contribution is 2.27. The number of halogens is 1. The normalized spacial score (nSPS) is 22.0. The second kappa shape index (κ2) is 9.77. The minimum atomic E-state index is -0.614. The molecule has 4 rings (SSSR count). The van der Waals surface area contributed by atoms with Gasteiger partial charge in [0.05, 0.1) is 17.7 Å². The lowest BCUT2D eigenvalue weighted by Gasteiger charge is -2.33. The van der Waals surface area contributed by atoms with Crippen molar-refractivity contribution >= 4 is 5.91 Å². The predicted octanol–water partition coefficient (Wildman–Crippen LogP) is 2.79. The fraction of sp³-hybridized carbons (Fsp3) is 0.458. The fourth-order valence-corrected chi connectivity index (χ4v) is 4.47. The van der Waals surface area contributed by atoms with Crippen molar-refractivity contribution < 1.29 is 19.0 Å². The Morgan fingerprint density at radius 3 is 2.48 bits per heavy atom. The minimum absolute atomic E-state index is 0.0382. The Balaban J connectivity index is 1.45. The van der Waals surface area contributed by atoms with Crippen LogP contribution in [0.1, 0.15) is 35.2 Å². The molecule has 0 spiro atoms. The lowest BCUT2D eigenvalue weighted by molar-refractivity contribution is 0.0702. The number of nitrogens with zero attached hydrogens (tertiary/aromatic N) is 2. The number of hydrogen-bond acceptors (Lipinski definition) is 5. The zero-order chi connectivity index (χ0) is 21.8. The highest BCUT2D eigenvalue weighted by atomic mass is 19.1. The number of carbonyl (C=O) groups is 1. The summed E-state index contributed by atoms with van der Waals surface area (Å²) in [5, 5.41) is 10.5. The molecule has 166 valence electrons. The highest BCUT2D eigenvalue weighted by molar-refractivity contribution is 5.95. The molecule has 0 aliphatic carbocycles. The molecule has 1 amide bonds. The van der Waals surface area contributed by atoms with Gasteiger partial charge in [-0.25, -0.2) is 4.39 Å². The van der Waals surface area contributed by atoms with Gasteiger partial charge in [0.2, 0.25) is 0 Å². The summed E-state index contributed by atoms with van der Waals surface area (Å²) in [5.74, 6) is -0.0115. The van der Waals surface area contributed by atoms with Gasteiger partial charge in [-0.1, -0.05) is 18.6 Å². The first-order valence-electron chi connectivity index (χ1n) is 11.0. The average Bonchev–Trinajstić information content (AvgIpc) is 3.18. The van der Waals surface area contributed by atoms with E-state index in [1.165, 1.54) is 24.6 Å². The van der Waals surface area contributed by atoms with E-state index in [-0.39, 0.29) is 18.2 Å². The first-order valence-corrected chi connectivity index (χ1v) is 11.0. The smallest absolute Gasteiger partial charge is 0.257 e. The van der Waals surface area contributed by atoms with Crippen LogP contribution in [-0.2, 0) is 6.42 Å². The van der Waals surface area contributed by atoms with Gasteiger partial charge in [-0.05, 0) is 74.8 Å². The summed E-state index contributed by atoms with van der Waals surface area (Å²) in [5.41, 5.74) is 6.65. The summed E-state index contributed by atoms with van der Waals surface area (Å²) >= 11 is 0. The number of hydrogen-bond donors (Lipinski definition) is 2. The molecular weight excluding hydrogens is 397 g/mol. The second-order valence-corrected chi connectivity index (χ2v) is 8.37. The quantitative estimate of drug-likeness (QED) is 0.741.